The van der Waals surface area contributed by atoms with Gasteiger partial charge in [-0.15, -0.1) is 0 Å². The Morgan fingerprint density at radius 2 is 2.10 bits per heavy atom. The largest absolute Gasteiger partial charge is 0.464 e. The lowest BCUT2D eigenvalue weighted by molar-refractivity contribution is 0.0174. The molecule has 5 heteroatoms. The molecule has 0 saturated carbocycles. The van der Waals surface area contributed by atoms with E-state index in [9.17, 15) is 0 Å². The van der Waals surface area contributed by atoms with E-state index in [4.69, 9.17) is 14.9 Å². The van der Waals surface area contributed by atoms with Gasteiger partial charge in [-0.3, -0.25) is 9.80 Å². The van der Waals surface area contributed by atoms with Gasteiger partial charge in [0.05, 0.1) is 19.3 Å². The number of ether oxygens (including phenoxy) is 1. The first-order valence-corrected chi connectivity index (χ1v) is 8.16. The Bertz CT molecular complexity index is 442. The molecule has 2 aliphatic rings. The van der Waals surface area contributed by atoms with E-state index in [1.54, 1.807) is 0 Å². The lowest BCUT2D eigenvalue weighted by Crippen LogP contribution is -2.45. The number of nitrogens with zero attached hydrogens (tertiary/aromatic N) is 2. The number of aryl methyl sites for hydroxylation is 1. The normalized spacial score (nSPS) is 26.3. The Morgan fingerprint density at radius 1 is 1.29 bits per heavy atom. The molecule has 1 aromatic rings. The van der Waals surface area contributed by atoms with Crippen molar-refractivity contribution in [2.75, 3.05) is 45.9 Å². The van der Waals surface area contributed by atoms with E-state index in [2.05, 4.69) is 28.9 Å². The minimum atomic E-state index is 0.219. The molecule has 118 valence electrons. The van der Waals surface area contributed by atoms with Crippen molar-refractivity contribution in [2.45, 2.75) is 31.8 Å². The van der Waals surface area contributed by atoms with Crippen molar-refractivity contribution < 1.29 is 9.15 Å². The summed E-state index contributed by atoms with van der Waals surface area (Å²) in [6, 6.07) is 5.03. The lowest BCUT2D eigenvalue weighted by atomic mass is 10.2. The van der Waals surface area contributed by atoms with Gasteiger partial charge in [0.1, 0.15) is 11.5 Å². The molecule has 3 heterocycles. The third-order valence-corrected chi connectivity index (χ3v) is 4.78. The highest BCUT2D eigenvalue weighted by molar-refractivity contribution is 5.12. The van der Waals surface area contributed by atoms with Crippen LogP contribution in [0.15, 0.2) is 16.5 Å². The Hall–Kier alpha value is -0.880. The number of rotatable bonds is 5. The van der Waals surface area contributed by atoms with Gasteiger partial charge in [0.15, 0.2) is 0 Å². The first-order chi connectivity index (χ1) is 10.3. The summed E-state index contributed by atoms with van der Waals surface area (Å²) in [6.45, 7) is 8.79. The molecule has 0 spiro atoms. The van der Waals surface area contributed by atoms with Gasteiger partial charge in [0.2, 0.25) is 0 Å². The molecule has 21 heavy (non-hydrogen) atoms. The van der Waals surface area contributed by atoms with Gasteiger partial charge in [-0.1, -0.05) is 6.92 Å². The maximum atomic E-state index is 6.02. The first kappa shape index (κ1) is 15.0. The summed E-state index contributed by atoms with van der Waals surface area (Å²) in [4.78, 5) is 5.05. The first-order valence-electron chi connectivity index (χ1n) is 8.16. The molecule has 3 rings (SSSR count). The van der Waals surface area contributed by atoms with Crippen LogP contribution in [0.4, 0.5) is 0 Å². The Morgan fingerprint density at radius 3 is 2.76 bits per heavy atom. The molecular weight excluding hydrogens is 266 g/mol. The smallest absolute Gasteiger partial charge is 0.122 e. The van der Waals surface area contributed by atoms with Crippen molar-refractivity contribution in [2.24, 2.45) is 5.73 Å². The average molecular weight is 293 g/mol. The summed E-state index contributed by atoms with van der Waals surface area (Å²) in [5.74, 6) is 2.07. The quantitative estimate of drug-likeness (QED) is 0.885. The monoisotopic (exact) mass is 293 g/mol. The topological polar surface area (TPSA) is 54.9 Å². The zero-order valence-corrected chi connectivity index (χ0v) is 13.0. The van der Waals surface area contributed by atoms with Crippen molar-refractivity contribution in [3.8, 4) is 0 Å². The number of morpholine rings is 1. The maximum Gasteiger partial charge on any atom is 0.122 e. The van der Waals surface area contributed by atoms with Gasteiger partial charge in [-0.2, -0.15) is 0 Å². The second kappa shape index (κ2) is 6.92. The highest BCUT2D eigenvalue weighted by atomic mass is 16.5. The second-order valence-corrected chi connectivity index (χ2v) is 5.99. The Labute approximate surface area is 127 Å². The minimum Gasteiger partial charge on any atom is -0.464 e. The average Bonchev–Trinajstić information content (AvgIpc) is 3.19. The van der Waals surface area contributed by atoms with Crippen LogP contribution in [0.5, 0.6) is 0 Å². The van der Waals surface area contributed by atoms with Crippen molar-refractivity contribution in [1.29, 1.82) is 0 Å². The van der Waals surface area contributed by atoms with E-state index in [1.165, 1.54) is 6.42 Å². The fourth-order valence-corrected chi connectivity index (χ4v) is 3.50. The van der Waals surface area contributed by atoms with Crippen LogP contribution in [0.25, 0.3) is 0 Å². The van der Waals surface area contributed by atoms with E-state index in [0.29, 0.717) is 12.6 Å². The van der Waals surface area contributed by atoms with Gasteiger partial charge in [-0.25, -0.2) is 0 Å². The summed E-state index contributed by atoms with van der Waals surface area (Å²) in [5.41, 5.74) is 6.02. The van der Waals surface area contributed by atoms with E-state index in [-0.39, 0.29) is 6.04 Å². The molecule has 0 aromatic carbocycles. The third-order valence-electron chi connectivity index (χ3n) is 4.78. The zero-order chi connectivity index (χ0) is 14.7. The second-order valence-electron chi connectivity index (χ2n) is 5.99. The summed E-state index contributed by atoms with van der Waals surface area (Å²) < 4.78 is 11.4. The van der Waals surface area contributed by atoms with Crippen LogP contribution in [-0.2, 0) is 11.2 Å². The fraction of sp³-hybridized carbons (Fsp3) is 0.750. The molecule has 2 saturated heterocycles. The van der Waals surface area contributed by atoms with Gasteiger partial charge >= 0.3 is 0 Å². The molecule has 1 aromatic heterocycles. The maximum absolute atomic E-state index is 6.02. The van der Waals surface area contributed by atoms with Crippen molar-refractivity contribution in [3.63, 3.8) is 0 Å². The lowest BCUT2D eigenvalue weighted by Gasteiger charge is -2.33. The van der Waals surface area contributed by atoms with Crippen molar-refractivity contribution >= 4 is 0 Å². The molecule has 2 fully saturated rings. The van der Waals surface area contributed by atoms with E-state index < -0.39 is 0 Å². The SMILES string of the molecule is CCc1ccc(C(CN)N2CCC(N3CCOCC3)C2)o1. The predicted octanol–water partition coefficient (Wildman–Crippen LogP) is 1.25. The van der Waals surface area contributed by atoms with Gasteiger partial charge in [0, 0.05) is 45.2 Å². The Kier molecular flexibility index (Phi) is 4.95. The summed E-state index contributed by atoms with van der Waals surface area (Å²) in [6.07, 6.45) is 2.16. The van der Waals surface area contributed by atoms with Crippen LogP contribution in [0.3, 0.4) is 0 Å². The van der Waals surface area contributed by atoms with E-state index >= 15 is 0 Å². The molecule has 0 aliphatic carbocycles. The number of hydrogen-bond donors (Lipinski definition) is 1. The molecule has 2 atom stereocenters. The molecule has 5 nitrogen and oxygen atoms in total. The van der Waals surface area contributed by atoms with E-state index in [1.807, 2.05) is 0 Å². The van der Waals surface area contributed by atoms with Crippen LogP contribution in [0.2, 0.25) is 0 Å². The molecule has 0 amide bonds. The fourth-order valence-electron chi connectivity index (χ4n) is 3.50. The van der Waals surface area contributed by atoms with Crippen molar-refractivity contribution in [1.82, 2.24) is 9.80 Å². The number of nitrogens with two attached hydrogens (primary N) is 1. The standard InChI is InChI=1S/C16H27N3O2/c1-2-14-3-4-16(21-14)15(11-17)19-6-5-13(12-19)18-7-9-20-10-8-18/h3-4,13,15H,2,5-12,17H2,1H3. The highest BCUT2D eigenvalue weighted by Gasteiger charge is 2.33. The minimum absolute atomic E-state index is 0.219. The molecule has 0 bridgehead atoms. The third kappa shape index (κ3) is 3.31. The van der Waals surface area contributed by atoms with Crippen LogP contribution < -0.4 is 5.73 Å². The van der Waals surface area contributed by atoms with Gasteiger partial charge in [0.25, 0.3) is 0 Å². The van der Waals surface area contributed by atoms with Crippen LogP contribution in [0, 0.1) is 0 Å². The van der Waals surface area contributed by atoms with Gasteiger partial charge in [-0.05, 0) is 18.6 Å². The molecule has 0 radical (unpaired) electrons. The number of likely N-dealkylation sites (tertiary alicyclic amines) is 1. The Balaban J connectivity index is 1.62. The zero-order valence-electron chi connectivity index (χ0n) is 13.0. The summed E-state index contributed by atoms with van der Waals surface area (Å²) >= 11 is 0. The molecule has 2 aliphatic heterocycles. The van der Waals surface area contributed by atoms with Crippen molar-refractivity contribution in [3.05, 3.63) is 23.7 Å². The number of hydrogen-bond acceptors (Lipinski definition) is 5. The van der Waals surface area contributed by atoms with Crippen LogP contribution in [-0.4, -0.2) is 61.8 Å². The molecular formula is C16H27N3O2. The van der Waals surface area contributed by atoms with E-state index in [0.717, 1.165) is 57.3 Å². The summed E-state index contributed by atoms with van der Waals surface area (Å²) in [7, 11) is 0. The summed E-state index contributed by atoms with van der Waals surface area (Å²) in [5, 5.41) is 0. The molecule has 2 N–H and O–H groups in total. The van der Waals surface area contributed by atoms with Crippen LogP contribution >= 0.6 is 0 Å². The molecule has 2 unspecified atom stereocenters. The van der Waals surface area contributed by atoms with Gasteiger partial charge < -0.3 is 14.9 Å². The number of furan rings is 1. The highest BCUT2D eigenvalue weighted by Crippen LogP contribution is 2.28. The van der Waals surface area contributed by atoms with Crippen LogP contribution in [0.1, 0.15) is 30.9 Å². The predicted molar refractivity (Wildman–Crippen MR) is 82.3 cm³/mol.